The van der Waals surface area contributed by atoms with Gasteiger partial charge in [0.05, 0.1) is 20.3 Å². The molecule has 0 aliphatic rings. The normalized spacial score (nSPS) is 12.0. The minimum absolute atomic E-state index is 0.174. The molecule has 112 valence electrons. The predicted molar refractivity (Wildman–Crippen MR) is 75.1 cm³/mol. The molecule has 0 aromatic heterocycles. The summed E-state index contributed by atoms with van der Waals surface area (Å²) < 4.78 is 38.3. The van der Waals surface area contributed by atoms with Crippen LogP contribution in [0, 0.1) is 11.6 Å². The van der Waals surface area contributed by atoms with Gasteiger partial charge in [-0.15, -0.1) is 0 Å². The zero-order chi connectivity index (χ0) is 15.4. The lowest BCUT2D eigenvalue weighted by Gasteiger charge is -2.21. The number of hydrazine groups is 1. The molecule has 6 heteroatoms. The first kappa shape index (κ1) is 15.2. The Balaban J connectivity index is 2.61. The van der Waals surface area contributed by atoms with Crippen LogP contribution in [0.3, 0.4) is 0 Å². The summed E-state index contributed by atoms with van der Waals surface area (Å²) in [5, 5.41) is 0. The predicted octanol–water partition coefficient (Wildman–Crippen LogP) is 2.53. The van der Waals surface area contributed by atoms with Crippen LogP contribution in [0.1, 0.15) is 17.2 Å². The second-order valence-electron chi connectivity index (χ2n) is 4.34. The molecule has 0 radical (unpaired) electrons. The molecule has 1 atom stereocenters. The van der Waals surface area contributed by atoms with Crippen molar-refractivity contribution in [3.8, 4) is 11.5 Å². The number of hydrogen-bond acceptors (Lipinski definition) is 4. The molecule has 0 spiro atoms. The molecule has 0 saturated heterocycles. The van der Waals surface area contributed by atoms with Gasteiger partial charge in [0, 0.05) is 11.1 Å². The number of hydrogen-bond donors (Lipinski definition) is 2. The van der Waals surface area contributed by atoms with Crippen LogP contribution in [-0.4, -0.2) is 14.2 Å². The zero-order valence-electron chi connectivity index (χ0n) is 11.7. The van der Waals surface area contributed by atoms with E-state index >= 15 is 0 Å². The number of rotatable bonds is 5. The fourth-order valence-corrected chi connectivity index (χ4v) is 2.18. The Labute approximate surface area is 121 Å². The molecule has 2 rings (SSSR count). The molecule has 2 aromatic carbocycles. The van der Waals surface area contributed by atoms with Gasteiger partial charge in [-0.1, -0.05) is 6.07 Å². The molecular formula is C15H16F2N2O2. The van der Waals surface area contributed by atoms with Gasteiger partial charge in [-0.05, 0) is 30.3 Å². The highest BCUT2D eigenvalue weighted by molar-refractivity contribution is 5.46. The summed E-state index contributed by atoms with van der Waals surface area (Å²) in [6.45, 7) is 0. The lowest BCUT2D eigenvalue weighted by molar-refractivity contribution is 0.392. The third-order valence-corrected chi connectivity index (χ3v) is 3.20. The molecule has 3 N–H and O–H groups in total. The molecule has 1 unspecified atom stereocenters. The maximum absolute atomic E-state index is 14.0. The number of ether oxygens (including phenoxy) is 2. The van der Waals surface area contributed by atoms with Crippen molar-refractivity contribution in [2.75, 3.05) is 14.2 Å². The van der Waals surface area contributed by atoms with E-state index in [9.17, 15) is 8.78 Å². The van der Waals surface area contributed by atoms with Gasteiger partial charge in [-0.3, -0.25) is 5.84 Å². The van der Waals surface area contributed by atoms with Crippen LogP contribution in [-0.2, 0) is 0 Å². The van der Waals surface area contributed by atoms with Crippen molar-refractivity contribution < 1.29 is 18.3 Å². The lowest BCUT2D eigenvalue weighted by Crippen LogP contribution is -2.30. The van der Waals surface area contributed by atoms with E-state index in [4.69, 9.17) is 15.3 Å². The average Bonchev–Trinajstić information content (AvgIpc) is 2.50. The van der Waals surface area contributed by atoms with E-state index in [0.29, 0.717) is 17.1 Å². The highest BCUT2D eigenvalue weighted by Crippen LogP contribution is 2.34. The van der Waals surface area contributed by atoms with Gasteiger partial charge in [0.1, 0.15) is 23.1 Å². The van der Waals surface area contributed by atoms with Crippen molar-refractivity contribution >= 4 is 0 Å². The highest BCUT2D eigenvalue weighted by atomic mass is 19.1. The third-order valence-electron chi connectivity index (χ3n) is 3.20. The van der Waals surface area contributed by atoms with Gasteiger partial charge >= 0.3 is 0 Å². The molecular weight excluding hydrogens is 278 g/mol. The van der Waals surface area contributed by atoms with Gasteiger partial charge < -0.3 is 9.47 Å². The summed E-state index contributed by atoms with van der Waals surface area (Å²) in [5.74, 6) is 5.10. The first-order valence-electron chi connectivity index (χ1n) is 6.24. The maximum Gasteiger partial charge on any atom is 0.131 e. The largest absolute Gasteiger partial charge is 0.497 e. The van der Waals surface area contributed by atoms with E-state index in [1.165, 1.54) is 32.4 Å². The monoisotopic (exact) mass is 294 g/mol. The standard InChI is InChI=1S/C15H16F2N2O2/c1-20-9-6-7-13(21-2)10(8-9)15(19-18)14-11(16)4-3-5-12(14)17/h3-8,15,19H,18H2,1-2H3. The van der Waals surface area contributed by atoms with Gasteiger partial charge in [0.15, 0.2) is 0 Å². The van der Waals surface area contributed by atoms with Crippen molar-refractivity contribution in [1.82, 2.24) is 5.43 Å². The van der Waals surface area contributed by atoms with Crippen LogP contribution >= 0.6 is 0 Å². The number of benzene rings is 2. The highest BCUT2D eigenvalue weighted by Gasteiger charge is 2.24. The molecule has 0 bridgehead atoms. The summed E-state index contributed by atoms with van der Waals surface area (Å²) in [6.07, 6.45) is 0. The minimum Gasteiger partial charge on any atom is -0.497 e. The molecule has 0 amide bonds. The van der Waals surface area contributed by atoms with Crippen molar-refractivity contribution in [3.05, 3.63) is 59.2 Å². The molecule has 2 aromatic rings. The second kappa shape index (κ2) is 6.51. The van der Waals surface area contributed by atoms with Gasteiger partial charge in [-0.2, -0.15) is 0 Å². The van der Waals surface area contributed by atoms with Gasteiger partial charge in [-0.25, -0.2) is 14.2 Å². The van der Waals surface area contributed by atoms with Crippen molar-refractivity contribution in [1.29, 1.82) is 0 Å². The fourth-order valence-electron chi connectivity index (χ4n) is 2.18. The van der Waals surface area contributed by atoms with Crippen LogP contribution in [0.5, 0.6) is 11.5 Å². The Kier molecular flexibility index (Phi) is 4.72. The van der Waals surface area contributed by atoms with E-state index in [1.54, 1.807) is 18.2 Å². The van der Waals surface area contributed by atoms with Crippen LogP contribution in [0.15, 0.2) is 36.4 Å². The SMILES string of the molecule is COc1ccc(OC)c(C(NN)c2c(F)cccc2F)c1. The van der Waals surface area contributed by atoms with Gasteiger partial charge in [0.25, 0.3) is 0 Å². The Morgan fingerprint density at radius 3 is 2.24 bits per heavy atom. The minimum atomic E-state index is -0.906. The topological polar surface area (TPSA) is 56.5 Å². The Hall–Kier alpha value is -2.18. The van der Waals surface area contributed by atoms with Crippen LogP contribution in [0.2, 0.25) is 0 Å². The average molecular weight is 294 g/mol. The molecule has 0 aliphatic heterocycles. The van der Waals surface area contributed by atoms with Crippen LogP contribution < -0.4 is 20.7 Å². The van der Waals surface area contributed by atoms with Crippen molar-refractivity contribution in [3.63, 3.8) is 0 Å². The van der Waals surface area contributed by atoms with Crippen molar-refractivity contribution in [2.45, 2.75) is 6.04 Å². The number of nitrogens with one attached hydrogen (secondary N) is 1. The zero-order valence-corrected chi connectivity index (χ0v) is 11.7. The lowest BCUT2D eigenvalue weighted by atomic mass is 9.97. The molecule has 0 fully saturated rings. The summed E-state index contributed by atoms with van der Waals surface area (Å²) in [6, 6.07) is 7.70. The molecule has 0 heterocycles. The first-order valence-corrected chi connectivity index (χ1v) is 6.24. The van der Waals surface area contributed by atoms with Crippen molar-refractivity contribution in [2.24, 2.45) is 5.84 Å². The first-order chi connectivity index (χ1) is 10.1. The quantitative estimate of drug-likeness (QED) is 0.657. The van der Waals surface area contributed by atoms with E-state index in [1.807, 2.05) is 0 Å². The van der Waals surface area contributed by atoms with E-state index in [0.717, 1.165) is 0 Å². The van der Waals surface area contributed by atoms with Gasteiger partial charge in [0.2, 0.25) is 0 Å². The summed E-state index contributed by atoms with van der Waals surface area (Å²) in [7, 11) is 2.97. The number of nitrogens with two attached hydrogens (primary N) is 1. The molecule has 0 saturated carbocycles. The summed E-state index contributed by atoms with van der Waals surface area (Å²) >= 11 is 0. The summed E-state index contributed by atoms with van der Waals surface area (Å²) in [4.78, 5) is 0. The third kappa shape index (κ3) is 2.96. The molecule has 0 aliphatic carbocycles. The second-order valence-corrected chi connectivity index (χ2v) is 4.34. The number of halogens is 2. The van der Waals surface area contributed by atoms with E-state index < -0.39 is 17.7 Å². The Morgan fingerprint density at radius 1 is 1.05 bits per heavy atom. The smallest absolute Gasteiger partial charge is 0.131 e. The van der Waals surface area contributed by atoms with E-state index in [2.05, 4.69) is 5.43 Å². The van der Waals surface area contributed by atoms with Crippen LogP contribution in [0.4, 0.5) is 8.78 Å². The molecule has 4 nitrogen and oxygen atoms in total. The Morgan fingerprint density at radius 2 is 1.71 bits per heavy atom. The Bertz CT molecular complexity index is 615. The summed E-state index contributed by atoms with van der Waals surface area (Å²) in [5.41, 5.74) is 2.73. The molecule has 21 heavy (non-hydrogen) atoms. The maximum atomic E-state index is 14.0. The van der Waals surface area contributed by atoms with E-state index in [-0.39, 0.29) is 5.56 Å². The van der Waals surface area contributed by atoms with Crippen LogP contribution in [0.25, 0.3) is 0 Å². The number of methoxy groups -OCH3 is 2. The fraction of sp³-hybridized carbons (Fsp3) is 0.200.